The molecule has 0 aliphatic heterocycles. The van der Waals surface area contributed by atoms with Crippen molar-refractivity contribution in [2.45, 2.75) is 38.4 Å². The van der Waals surface area contributed by atoms with Crippen molar-refractivity contribution < 1.29 is 9.47 Å². The van der Waals surface area contributed by atoms with Gasteiger partial charge < -0.3 is 9.47 Å². The third-order valence-corrected chi connectivity index (χ3v) is 2.94. The Labute approximate surface area is 97.6 Å². The highest BCUT2D eigenvalue weighted by atomic mass is 16.5. The fraction of sp³-hybridized carbons (Fsp3) is 0.571. The minimum Gasteiger partial charge on any atom is -0.376 e. The Hall–Kier alpha value is -0.860. The molecule has 0 spiro atoms. The zero-order chi connectivity index (χ0) is 11.1. The minimum atomic E-state index is 0.495. The lowest BCUT2D eigenvalue weighted by molar-refractivity contribution is 0.00333. The average Bonchev–Trinajstić information content (AvgIpc) is 2.83. The Morgan fingerprint density at radius 2 is 1.88 bits per heavy atom. The molecule has 16 heavy (non-hydrogen) atoms. The van der Waals surface area contributed by atoms with Gasteiger partial charge in [0.05, 0.1) is 25.9 Å². The SMILES string of the molecule is [c]1ccc(COCCOC2CCCC2)cc1. The molecule has 0 amide bonds. The average molecular weight is 219 g/mol. The first kappa shape index (κ1) is 11.6. The maximum absolute atomic E-state index is 5.71. The van der Waals surface area contributed by atoms with E-state index in [9.17, 15) is 0 Å². The van der Waals surface area contributed by atoms with Crippen molar-refractivity contribution in [1.82, 2.24) is 0 Å². The van der Waals surface area contributed by atoms with Gasteiger partial charge in [0.1, 0.15) is 0 Å². The molecule has 2 rings (SSSR count). The molecule has 2 nitrogen and oxygen atoms in total. The summed E-state index contributed by atoms with van der Waals surface area (Å²) >= 11 is 0. The number of ether oxygens (including phenoxy) is 2. The van der Waals surface area contributed by atoms with Gasteiger partial charge in [-0.25, -0.2) is 0 Å². The van der Waals surface area contributed by atoms with Crippen molar-refractivity contribution in [3.8, 4) is 0 Å². The lowest BCUT2D eigenvalue weighted by Crippen LogP contribution is -2.12. The van der Waals surface area contributed by atoms with E-state index in [-0.39, 0.29) is 0 Å². The van der Waals surface area contributed by atoms with E-state index in [1.807, 2.05) is 24.3 Å². The summed E-state index contributed by atoms with van der Waals surface area (Å²) in [5.41, 5.74) is 1.19. The van der Waals surface area contributed by atoms with Crippen molar-refractivity contribution in [3.63, 3.8) is 0 Å². The van der Waals surface area contributed by atoms with Gasteiger partial charge in [-0.1, -0.05) is 37.1 Å². The summed E-state index contributed by atoms with van der Waals surface area (Å²) in [7, 11) is 0. The van der Waals surface area contributed by atoms with E-state index in [0.717, 1.165) is 6.61 Å². The number of hydrogen-bond acceptors (Lipinski definition) is 2. The molecule has 1 aromatic rings. The standard InChI is InChI=1S/C14H19O2/c1-2-6-13(7-3-1)12-15-10-11-16-14-8-4-5-9-14/h2-3,6-7,14H,4-5,8-12H2. The van der Waals surface area contributed by atoms with Crippen LogP contribution in [0, 0.1) is 6.07 Å². The van der Waals surface area contributed by atoms with Crippen LogP contribution in [0.15, 0.2) is 24.3 Å². The predicted molar refractivity (Wildman–Crippen MR) is 63.1 cm³/mol. The van der Waals surface area contributed by atoms with E-state index in [4.69, 9.17) is 9.47 Å². The zero-order valence-electron chi connectivity index (χ0n) is 9.65. The Kier molecular flexibility index (Phi) is 4.84. The highest BCUT2D eigenvalue weighted by Gasteiger charge is 2.14. The first-order chi connectivity index (χ1) is 7.95. The Bertz CT molecular complexity index is 278. The van der Waals surface area contributed by atoms with Crippen molar-refractivity contribution >= 4 is 0 Å². The molecule has 0 saturated heterocycles. The van der Waals surface area contributed by atoms with Crippen molar-refractivity contribution in [1.29, 1.82) is 0 Å². The third kappa shape index (κ3) is 3.95. The minimum absolute atomic E-state index is 0.495. The van der Waals surface area contributed by atoms with Gasteiger partial charge >= 0.3 is 0 Å². The fourth-order valence-corrected chi connectivity index (χ4v) is 2.04. The van der Waals surface area contributed by atoms with Gasteiger partial charge in [0.25, 0.3) is 0 Å². The molecule has 1 aromatic carbocycles. The molecule has 1 radical (unpaired) electrons. The molecular weight excluding hydrogens is 200 g/mol. The second-order valence-electron chi connectivity index (χ2n) is 4.24. The van der Waals surface area contributed by atoms with E-state index in [1.54, 1.807) is 0 Å². The van der Waals surface area contributed by atoms with Crippen LogP contribution in [-0.4, -0.2) is 19.3 Å². The summed E-state index contributed by atoms with van der Waals surface area (Å²) in [5.74, 6) is 0. The first-order valence-corrected chi connectivity index (χ1v) is 6.09. The summed E-state index contributed by atoms with van der Waals surface area (Å²) in [5, 5.41) is 0. The maximum atomic E-state index is 5.71. The maximum Gasteiger partial charge on any atom is 0.0718 e. The number of rotatable bonds is 6. The van der Waals surface area contributed by atoms with Gasteiger partial charge in [-0.15, -0.1) is 0 Å². The summed E-state index contributed by atoms with van der Waals surface area (Å²) in [6.07, 6.45) is 5.61. The molecule has 0 bridgehead atoms. The van der Waals surface area contributed by atoms with Crippen LogP contribution in [-0.2, 0) is 16.1 Å². The second kappa shape index (κ2) is 6.66. The normalized spacial score (nSPS) is 16.8. The van der Waals surface area contributed by atoms with E-state index in [0.29, 0.717) is 19.3 Å². The lowest BCUT2D eigenvalue weighted by Gasteiger charge is -2.11. The quantitative estimate of drug-likeness (QED) is 0.685. The van der Waals surface area contributed by atoms with Crippen LogP contribution < -0.4 is 0 Å². The largest absolute Gasteiger partial charge is 0.376 e. The zero-order valence-corrected chi connectivity index (χ0v) is 9.65. The lowest BCUT2D eigenvalue weighted by atomic mass is 10.2. The molecule has 0 aromatic heterocycles. The topological polar surface area (TPSA) is 18.5 Å². The molecule has 1 aliphatic carbocycles. The molecule has 0 atom stereocenters. The van der Waals surface area contributed by atoms with Crippen LogP contribution in [0.5, 0.6) is 0 Å². The van der Waals surface area contributed by atoms with Gasteiger partial charge in [-0.2, -0.15) is 0 Å². The van der Waals surface area contributed by atoms with Crippen molar-refractivity contribution in [2.24, 2.45) is 0 Å². The monoisotopic (exact) mass is 219 g/mol. The van der Waals surface area contributed by atoms with Gasteiger partial charge in [0.15, 0.2) is 0 Å². The van der Waals surface area contributed by atoms with Gasteiger partial charge in [-0.3, -0.25) is 0 Å². The van der Waals surface area contributed by atoms with E-state index >= 15 is 0 Å². The third-order valence-electron chi connectivity index (χ3n) is 2.94. The second-order valence-corrected chi connectivity index (χ2v) is 4.24. The van der Waals surface area contributed by atoms with Crippen LogP contribution in [0.3, 0.4) is 0 Å². The van der Waals surface area contributed by atoms with Gasteiger partial charge in [0.2, 0.25) is 0 Å². The van der Waals surface area contributed by atoms with Gasteiger partial charge in [0, 0.05) is 0 Å². The van der Waals surface area contributed by atoms with Crippen LogP contribution in [0.4, 0.5) is 0 Å². The van der Waals surface area contributed by atoms with Crippen molar-refractivity contribution in [2.75, 3.05) is 13.2 Å². The smallest absolute Gasteiger partial charge is 0.0718 e. The summed E-state index contributed by atoms with van der Waals surface area (Å²) in [6, 6.07) is 10.9. The molecule has 1 saturated carbocycles. The number of benzene rings is 1. The van der Waals surface area contributed by atoms with E-state index in [2.05, 4.69) is 6.07 Å². The Morgan fingerprint density at radius 3 is 2.62 bits per heavy atom. The van der Waals surface area contributed by atoms with Crippen molar-refractivity contribution in [3.05, 3.63) is 35.9 Å². The van der Waals surface area contributed by atoms with Crippen LogP contribution >= 0.6 is 0 Å². The summed E-state index contributed by atoms with van der Waals surface area (Å²) in [6.45, 7) is 2.08. The highest BCUT2D eigenvalue weighted by molar-refractivity contribution is 5.12. The fourth-order valence-electron chi connectivity index (χ4n) is 2.04. The molecule has 87 valence electrons. The molecule has 0 N–H and O–H groups in total. The molecule has 1 fully saturated rings. The van der Waals surface area contributed by atoms with E-state index in [1.165, 1.54) is 31.2 Å². The Balaban J connectivity index is 1.52. The van der Waals surface area contributed by atoms with Crippen LogP contribution in [0.2, 0.25) is 0 Å². The summed E-state index contributed by atoms with van der Waals surface area (Å²) in [4.78, 5) is 0. The molecule has 0 heterocycles. The highest BCUT2D eigenvalue weighted by Crippen LogP contribution is 2.20. The summed E-state index contributed by atoms with van der Waals surface area (Å²) < 4.78 is 11.3. The Morgan fingerprint density at radius 1 is 1.12 bits per heavy atom. The molecule has 1 aliphatic rings. The van der Waals surface area contributed by atoms with Crippen LogP contribution in [0.25, 0.3) is 0 Å². The van der Waals surface area contributed by atoms with Crippen LogP contribution in [0.1, 0.15) is 31.2 Å². The van der Waals surface area contributed by atoms with Gasteiger partial charge in [-0.05, 0) is 24.5 Å². The molecular formula is C14H19O2. The predicted octanol–water partition coefficient (Wildman–Crippen LogP) is 2.96. The molecule has 0 unspecified atom stereocenters. The first-order valence-electron chi connectivity index (χ1n) is 6.09. The van der Waals surface area contributed by atoms with E-state index < -0.39 is 0 Å². The molecule has 2 heteroatoms. The number of hydrogen-bond donors (Lipinski definition) is 0.